The number of hydrogen-bond donors (Lipinski definition) is 0. The van der Waals surface area contributed by atoms with Crippen molar-refractivity contribution in [1.82, 2.24) is 0 Å². The van der Waals surface area contributed by atoms with Crippen LogP contribution in [0.4, 0.5) is 0 Å². The van der Waals surface area contributed by atoms with E-state index in [0.717, 1.165) is 118 Å². The standard InChI is InChI=1S/C58H74O4/c1-5-9-13-17-21-29-43-37-39-49-51(41-43)55(45-31-25-27-33-47(45)57(49)61-53(59)35-23-19-15-11-7-3)56-46-32-26-28-34-48(46)58(62-54(60)36-24-20-16-12-8-4)50-40-38-44(42-52(50)56)30-22-18-14-10-6-2/h25-28,31-34,37-42H,5-24,29-30,35-36H2,1-4H3. The summed E-state index contributed by atoms with van der Waals surface area (Å²) in [5.41, 5.74) is 4.87. The maximum Gasteiger partial charge on any atom is 0.311 e. The smallest absolute Gasteiger partial charge is 0.311 e. The Balaban J connectivity index is 1.57. The number of hydrogen-bond acceptors (Lipinski definition) is 4. The Morgan fingerprint density at radius 2 is 0.677 bits per heavy atom. The number of fused-ring (bicyclic) bond motifs is 4. The lowest BCUT2D eigenvalue weighted by Gasteiger charge is -2.22. The Morgan fingerprint density at radius 3 is 1.05 bits per heavy atom. The molecule has 0 spiro atoms. The SMILES string of the molecule is CCCCCCCC(=O)Oc1c2ccccc2c(-c2c3ccccc3c(OC(=O)CCCCCCC)c3ccc(CCCCCCC)cc23)c2cc(CCCCCCC)ccc12. The van der Waals surface area contributed by atoms with Crippen LogP contribution in [0.25, 0.3) is 54.2 Å². The van der Waals surface area contributed by atoms with Crippen LogP contribution in [0.5, 0.6) is 11.5 Å². The van der Waals surface area contributed by atoms with Gasteiger partial charge in [-0.05, 0) is 82.3 Å². The second-order valence-electron chi connectivity index (χ2n) is 17.9. The number of aryl methyl sites for hydroxylation is 2. The van der Waals surface area contributed by atoms with E-state index in [9.17, 15) is 9.59 Å². The largest absolute Gasteiger partial charge is 0.425 e. The molecule has 0 unspecified atom stereocenters. The Labute approximate surface area is 373 Å². The third-order valence-electron chi connectivity index (χ3n) is 12.9. The fourth-order valence-corrected chi connectivity index (χ4v) is 9.38. The predicted octanol–water partition coefficient (Wildman–Crippen LogP) is 17.5. The quantitative estimate of drug-likeness (QED) is 0.0224. The molecular weight excluding hydrogens is 761 g/mol. The van der Waals surface area contributed by atoms with E-state index in [0.29, 0.717) is 24.3 Å². The van der Waals surface area contributed by atoms with E-state index in [4.69, 9.17) is 9.47 Å². The first kappa shape index (κ1) is 46.8. The van der Waals surface area contributed by atoms with Gasteiger partial charge in [0.05, 0.1) is 0 Å². The first-order valence-corrected chi connectivity index (χ1v) is 24.8. The minimum absolute atomic E-state index is 0.170. The van der Waals surface area contributed by atoms with Gasteiger partial charge in [-0.15, -0.1) is 0 Å². The van der Waals surface area contributed by atoms with Crippen LogP contribution in [0, 0.1) is 0 Å². The Morgan fingerprint density at radius 1 is 0.355 bits per heavy atom. The van der Waals surface area contributed by atoms with Gasteiger partial charge in [-0.3, -0.25) is 9.59 Å². The molecule has 0 amide bonds. The molecule has 6 aromatic rings. The lowest BCUT2D eigenvalue weighted by molar-refractivity contribution is -0.135. The van der Waals surface area contributed by atoms with Crippen LogP contribution in [0.15, 0.2) is 84.9 Å². The predicted molar refractivity (Wildman–Crippen MR) is 265 cm³/mol. The number of benzene rings is 6. The summed E-state index contributed by atoms with van der Waals surface area (Å²) in [4.78, 5) is 27.4. The van der Waals surface area contributed by atoms with Crippen LogP contribution >= 0.6 is 0 Å². The summed E-state index contributed by atoms with van der Waals surface area (Å²) in [7, 11) is 0. The van der Waals surface area contributed by atoms with Gasteiger partial charge in [0.25, 0.3) is 0 Å². The molecule has 62 heavy (non-hydrogen) atoms. The van der Waals surface area contributed by atoms with E-state index in [-0.39, 0.29) is 11.9 Å². The van der Waals surface area contributed by atoms with Crippen molar-refractivity contribution in [2.75, 3.05) is 0 Å². The van der Waals surface area contributed by atoms with Crippen molar-refractivity contribution >= 4 is 55.0 Å². The van der Waals surface area contributed by atoms with Crippen molar-refractivity contribution in [2.45, 2.75) is 182 Å². The first-order chi connectivity index (χ1) is 30.5. The fourth-order valence-electron chi connectivity index (χ4n) is 9.38. The third-order valence-corrected chi connectivity index (χ3v) is 12.9. The molecule has 0 radical (unpaired) electrons. The van der Waals surface area contributed by atoms with Gasteiger partial charge in [0, 0.05) is 34.4 Å². The van der Waals surface area contributed by atoms with E-state index in [1.165, 1.54) is 88.2 Å². The van der Waals surface area contributed by atoms with Gasteiger partial charge in [0.15, 0.2) is 0 Å². The number of carbonyl (C=O) groups excluding carboxylic acids is 2. The van der Waals surface area contributed by atoms with Crippen molar-refractivity contribution < 1.29 is 19.1 Å². The maximum atomic E-state index is 13.7. The van der Waals surface area contributed by atoms with Crippen LogP contribution in [0.1, 0.15) is 180 Å². The van der Waals surface area contributed by atoms with Crippen LogP contribution < -0.4 is 9.47 Å². The van der Waals surface area contributed by atoms with E-state index >= 15 is 0 Å². The highest BCUT2D eigenvalue weighted by Gasteiger charge is 2.25. The highest BCUT2D eigenvalue weighted by atomic mass is 16.5. The van der Waals surface area contributed by atoms with Crippen LogP contribution in [-0.2, 0) is 22.4 Å². The summed E-state index contributed by atoms with van der Waals surface area (Å²) in [5.74, 6) is 0.963. The fraction of sp³-hybridized carbons (Fsp3) is 0.483. The molecule has 0 bridgehead atoms. The molecular formula is C58H74O4. The van der Waals surface area contributed by atoms with Crippen molar-refractivity contribution in [1.29, 1.82) is 0 Å². The molecule has 4 nitrogen and oxygen atoms in total. The van der Waals surface area contributed by atoms with E-state index < -0.39 is 0 Å². The summed E-state index contributed by atoms with van der Waals surface area (Å²) in [6, 6.07) is 30.6. The molecule has 0 aromatic heterocycles. The molecule has 0 atom stereocenters. The lowest BCUT2D eigenvalue weighted by atomic mass is 9.84. The Bertz CT molecular complexity index is 2200. The van der Waals surface area contributed by atoms with Gasteiger partial charge in [0.2, 0.25) is 0 Å². The van der Waals surface area contributed by atoms with Gasteiger partial charge < -0.3 is 9.47 Å². The second kappa shape index (κ2) is 24.8. The molecule has 0 aliphatic heterocycles. The van der Waals surface area contributed by atoms with Gasteiger partial charge >= 0.3 is 11.9 Å². The molecule has 0 fully saturated rings. The van der Waals surface area contributed by atoms with E-state index in [1.807, 2.05) is 0 Å². The molecule has 0 aliphatic carbocycles. The molecule has 0 saturated carbocycles. The zero-order chi connectivity index (χ0) is 43.5. The summed E-state index contributed by atoms with van der Waals surface area (Å²) in [6.45, 7) is 8.96. The van der Waals surface area contributed by atoms with Crippen LogP contribution in [0.3, 0.4) is 0 Å². The van der Waals surface area contributed by atoms with Crippen molar-refractivity contribution in [3.63, 3.8) is 0 Å². The van der Waals surface area contributed by atoms with Gasteiger partial charge in [-0.25, -0.2) is 0 Å². The number of unbranched alkanes of at least 4 members (excludes halogenated alkanes) is 16. The summed E-state index contributed by atoms with van der Waals surface area (Å²) < 4.78 is 13.0. The molecule has 0 heterocycles. The summed E-state index contributed by atoms with van der Waals surface area (Å²) >= 11 is 0. The Hall–Kier alpha value is -4.70. The monoisotopic (exact) mass is 835 g/mol. The first-order valence-electron chi connectivity index (χ1n) is 24.8. The third kappa shape index (κ3) is 12.3. The minimum Gasteiger partial charge on any atom is -0.425 e. The summed E-state index contributed by atoms with van der Waals surface area (Å²) in [5, 5.41) is 8.07. The average Bonchev–Trinajstić information content (AvgIpc) is 3.29. The molecule has 0 saturated heterocycles. The number of esters is 2. The summed E-state index contributed by atoms with van der Waals surface area (Å²) in [6.07, 6.45) is 25.8. The zero-order valence-electron chi connectivity index (χ0n) is 38.7. The lowest BCUT2D eigenvalue weighted by Crippen LogP contribution is -2.09. The van der Waals surface area contributed by atoms with Gasteiger partial charge in [0.1, 0.15) is 11.5 Å². The molecule has 4 heteroatoms. The number of ether oxygens (including phenoxy) is 2. The van der Waals surface area contributed by atoms with Crippen molar-refractivity contribution in [2.24, 2.45) is 0 Å². The normalized spacial score (nSPS) is 11.6. The topological polar surface area (TPSA) is 52.6 Å². The molecule has 6 aromatic carbocycles. The van der Waals surface area contributed by atoms with E-state index in [2.05, 4.69) is 113 Å². The zero-order valence-corrected chi connectivity index (χ0v) is 38.7. The highest BCUT2D eigenvalue weighted by molar-refractivity contribution is 6.27. The Kier molecular flexibility index (Phi) is 18.7. The highest BCUT2D eigenvalue weighted by Crippen LogP contribution is 2.50. The maximum absolute atomic E-state index is 13.7. The number of carbonyl (C=O) groups is 2. The van der Waals surface area contributed by atoms with Gasteiger partial charge in [-0.2, -0.15) is 0 Å². The number of rotatable bonds is 27. The van der Waals surface area contributed by atoms with Gasteiger partial charge in [-0.1, -0.05) is 215 Å². The second-order valence-corrected chi connectivity index (χ2v) is 17.9. The van der Waals surface area contributed by atoms with Crippen molar-refractivity contribution in [3.8, 4) is 22.6 Å². The van der Waals surface area contributed by atoms with Crippen molar-refractivity contribution in [3.05, 3.63) is 96.1 Å². The minimum atomic E-state index is -0.170. The molecule has 0 N–H and O–H groups in total. The molecule has 6 rings (SSSR count). The van der Waals surface area contributed by atoms with E-state index in [1.54, 1.807) is 0 Å². The molecule has 330 valence electrons. The van der Waals surface area contributed by atoms with Crippen LogP contribution in [-0.4, -0.2) is 11.9 Å². The average molecular weight is 835 g/mol. The molecule has 0 aliphatic rings. The van der Waals surface area contributed by atoms with Crippen LogP contribution in [0.2, 0.25) is 0 Å².